The van der Waals surface area contributed by atoms with Crippen molar-refractivity contribution in [1.29, 1.82) is 0 Å². The first-order valence-corrected chi connectivity index (χ1v) is 3.85. The lowest BCUT2D eigenvalue weighted by Gasteiger charge is -2.07. The van der Waals surface area contributed by atoms with E-state index in [0.717, 1.165) is 12.1 Å². The molecule has 13 heavy (non-hydrogen) atoms. The molecule has 1 rings (SSSR count). The van der Waals surface area contributed by atoms with Gasteiger partial charge in [-0.15, -0.1) is 0 Å². The molecule has 0 aliphatic rings. The average Bonchev–Trinajstić information content (AvgIpc) is 2.03. The molecule has 0 aliphatic carbocycles. The highest BCUT2D eigenvalue weighted by atomic mass is 19.3. The Labute approximate surface area is 74.4 Å². The molecular weight excluding hydrogens is 179 g/mol. The zero-order valence-corrected chi connectivity index (χ0v) is 7.10. The molecule has 0 heterocycles. The molecule has 0 aliphatic heterocycles. The summed E-state index contributed by atoms with van der Waals surface area (Å²) in [7, 11) is 0. The monoisotopic (exact) mass is 189 g/mol. The SMILES string of the molecule is CC(N)c1ccc(C(F)F)c(F)c1. The third-order valence-corrected chi connectivity index (χ3v) is 1.79. The van der Waals surface area contributed by atoms with Crippen molar-refractivity contribution in [2.24, 2.45) is 5.73 Å². The Balaban J connectivity index is 3.06. The zero-order chi connectivity index (χ0) is 10.0. The minimum Gasteiger partial charge on any atom is -0.324 e. The maximum Gasteiger partial charge on any atom is 0.266 e. The molecule has 72 valence electrons. The van der Waals surface area contributed by atoms with Gasteiger partial charge in [-0.05, 0) is 18.6 Å². The molecule has 4 heteroatoms. The van der Waals surface area contributed by atoms with Gasteiger partial charge < -0.3 is 5.73 Å². The lowest BCUT2D eigenvalue weighted by atomic mass is 10.1. The van der Waals surface area contributed by atoms with Gasteiger partial charge in [-0.1, -0.05) is 12.1 Å². The van der Waals surface area contributed by atoms with E-state index < -0.39 is 17.8 Å². The molecule has 0 amide bonds. The Morgan fingerprint density at radius 3 is 2.31 bits per heavy atom. The van der Waals surface area contributed by atoms with Crippen molar-refractivity contribution in [3.63, 3.8) is 0 Å². The maximum absolute atomic E-state index is 12.9. The number of hydrogen-bond acceptors (Lipinski definition) is 1. The summed E-state index contributed by atoms with van der Waals surface area (Å²) in [5, 5.41) is 0. The van der Waals surface area contributed by atoms with Gasteiger partial charge in [0.2, 0.25) is 0 Å². The maximum atomic E-state index is 12.9. The number of halogens is 3. The van der Waals surface area contributed by atoms with Crippen LogP contribution in [0, 0.1) is 5.82 Å². The van der Waals surface area contributed by atoms with Crippen LogP contribution in [0.5, 0.6) is 0 Å². The Morgan fingerprint density at radius 1 is 1.31 bits per heavy atom. The van der Waals surface area contributed by atoms with E-state index in [4.69, 9.17) is 5.73 Å². The largest absolute Gasteiger partial charge is 0.324 e. The highest BCUT2D eigenvalue weighted by molar-refractivity contribution is 5.26. The van der Waals surface area contributed by atoms with Gasteiger partial charge in [-0.25, -0.2) is 13.2 Å². The van der Waals surface area contributed by atoms with Crippen molar-refractivity contribution in [2.45, 2.75) is 19.4 Å². The highest BCUT2D eigenvalue weighted by Gasteiger charge is 2.13. The number of hydrogen-bond donors (Lipinski definition) is 1. The topological polar surface area (TPSA) is 26.0 Å². The molecule has 1 atom stereocenters. The normalized spacial score (nSPS) is 13.4. The van der Waals surface area contributed by atoms with E-state index >= 15 is 0 Å². The quantitative estimate of drug-likeness (QED) is 0.760. The Morgan fingerprint density at radius 2 is 1.92 bits per heavy atom. The van der Waals surface area contributed by atoms with Crippen LogP contribution in [0.15, 0.2) is 18.2 Å². The Bertz CT molecular complexity index is 297. The fraction of sp³-hybridized carbons (Fsp3) is 0.333. The number of alkyl halides is 2. The number of benzene rings is 1. The van der Waals surface area contributed by atoms with Crippen LogP contribution in [0.2, 0.25) is 0 Å². The highest BCUT2D eigenvalue weighted by Crippen LogP contribution is 2.23. The molecule has 0 bridgehead atoms. The van der Waals surface area contributed by atoms with E-state index in [1.165, 1.54) is 6.07 Å². The van der Waals surface area contributed by atoms with Crippen LogP contribution in [0.25, 0.3) is 0 Å². The lowest BCUT2D eigenvalue weighted by molar-refractivity contribution is 0.146. The summed E-state index contributed by atoms with van der Waals surface area (Å²) >= 11 is 0. The Hall–Kier alpha value is -1.03. The fourth-order valence-electron chi connectivity index (χ4n) is 1.00. The van der Waals surface area contributed by atoms with E-state index in [9.17, 15) is 13.2 Å². The summed E-state index contributed by atoms with van der Waals surface area (Å²) < 4.78 is 37.1. The van der Waals surface area contributed by atoms with Gasteiger partial charge in [-0.3, -0.25) is 0 Å². The zero-order valence-electron chi connectivity index (χ0n) is 7.10. The minimum atomic E-state index is -2.78. The molecule has 0 radical (unpaired) electrons. The van der Waals surface area contributed by atoms with Crippen LogP contribution in [0.1, 0.15) is 30.5 Å². The molecule has 1 unspecified atom stereocenters. The van der Waals surface area contributed by atoms with Crippen molar-refractivity contribution in [1.82, 2.24) is 0 Å². The number of rotatable bonds is 2. The first-order chi connectivity index (χ1) is 6.02. The molecule has 1 aromatic rings. The molecule has 1 nitrogen and oxygen atoms in total. The van der Waals surface area contributed by atoms with Crippen molar-refractivity contribution in [2.75, 3.05) is 0 Å². The standard InChI is InChI=1S/C9H10F3N/c1-5(13)6-2-3-7(9(11)12)8(10)4-6/h2-5,9H,13H2,1H3. The summed E-state index contributed by atoms with van der Waals surface area (Å²) in [6.07, 6.45) is -2.78. The second-order valence-electron chi connectivity index (χ2n) is 2.87. The van der Waals surface area contributed by atoms with Gasteiger partial charge in [0.25, 0.3) is 6.43 Å². The summed E-state index contributed by atoms with van der Waals surface area (Å²) in [5.41, 5.74) is 5.39. The van der Waals surface area contributed by atoms with Crippen molar-refractivity contribution in [3.05, 3.63) is 35.1 Å². The molecular formula is C9H10F3N. The first-order valence-electron chi connectivity index (χ1n) is 3.85. The molecule has 2 N–H and O–H groups in total. The lowest BCUT2D eigenvalue weighted by Crippen LogP contribution is -2.06. The average molecular weight is 189 g/mol. The van der Waals surface area contributed by atoms with Gasteiger partial charge in [0, 0.05) is 6.04 Å². The van der Waals surface area contributed by atoms with Gasteiger partial charge >= 0.3 is 0 Å². The van der Waals surface area contributed by atoms with Crippen LogP contribution >= 0.6 is 0 Å². The molecule has 0 saturated heterocycles. The van der Waals surface area contributed by atoms with E-state index in [0.29, 0.717) is 5.56 Å². The molecule has 0 fully saturated rings. The summed E-state index contributed by atoms with van der Waals surface area (Å²) in [6, 6.07) is 3.18. The van der Waals surface area contributed by atoms with E-state index in [2.05, 4.69) is 0 Å². The van der Waals surface area contributed by atoms with Gasteiger partial charge in [-0.2, -0.15) is 0 Å². The van der Waals surface area contributed by atoms with E-state index in [1.54, 1.807) is 6.92 Å². The predicted molar refractivity (Wildman–Crippen MR) is 44.0 cm³/mol. The van der Waals surface area contributed by atoms with Crippen molar-refractivity contribution in [3.8, 4) is 0 Å². The van der Waals surface area contributed by atoms with Crippen LogP contribution in [0.4, 0.5) is 13.2 Å². The molecule has 0 aromatic heterocycles. The molecule has 0 saturated carbocycles. The van der Waals surface area contributed by atoms with Gasteiger partial charge in [0.15, 0.2) is 0 Å². The summed E-state index contributed by atoms with van der Waals surface area (Å²) in [4.78, 5) is 0. The number of nitrogens with two attached hydrogens (primary N) is 1. The predicted octanol–water partition coefficient (Wildman–Crippen LogP) is 2.78. The smallest absolute Gasteiger partial charge is 0.266 e. The van der Waals surface area contributed by atoms with Crippen LogP contribution < -0.4 is 5.73 Å². The van der Waals surface area contributed by atoms with Crippen LogP contribution in [0.3, 0.4) is 0 Å². The second-order valence-corrected chi connectivity index (χ2v) is 2.87. The molecule has 1 aromatic carbocycles. The van der Waals surface area contributed by atoms with E-state index in [-0.39, 0.29) is 6.04 Å². The van der Waals surface area contributed by atoms with Gasteiger partial charge in [0.1, 0.15) is 5.82 Å². The Kier molecular flexibility index (Phi) is 2.93. The van der Waals surface area contributed by atoms with Crippen LogP contribution in [-0.2, 0) is 0 Å². The van der Waals surface area contributed by atoms with Crippen LogP contribution in [-0.4, -0.2) is 0 Å². The fourth-order valence-corrected chi connectivity index (χ4v) is 1.00. The third-order valence-electron chi connectivity index (χ3n) is 1.79. The van der Waals surface area contributed by atoms with E-state index in [1.807, 2.05) is 0 Å². The third kappa shape index (κ3) is 2.21. The van der Waals surface area contributed by atoms with Gasteiger partial charge in [0.05, 0.1) is 5.56 Å². The molecule has 0 spiro atoms. The minimum absolute atomic E-state index is 0.346. The summed E-state index contributed by atoms with van der Waals surface area (Å²) in [5.74, 6) is -0.898. The van der Waals surface area contributed by atoms with Crippen molar-refractivity contribution < 1.29 is 13.2 Å². The summed E-state index contributed by atoms with van der Waals surface area (Å²) in [6.45, 7) is 1.66. The van der Waals surface area contributed by atoms with Crippen molar-refractivity contribution >= 4 is 0 Å². The second kappa shape index (κ2) is 3.79. The first kappa shape index (κ1) is 10.1.